The van der Waals surface area contributed by atoms with Gasteiger partial charge in [0, 0.05) is 37.2 Å². The Kier molecular flexibility index (Phi) is 4.65. The Hall–Kier alpha value is -3.47. The van der Waals surface area contributed by atoms with Crippen LogP contribution in [0.15, 0.2) is 67.3 Å². The third-order valence-electron chi connectivity index (χ3n) is 4.96. The van der Waals surface area contributed by atoms with Gasteiger partial charge in [-0.1, -0.05) is 53.6 Å². The van der Waals surface area contributed by atoms with Crippen molar-refractivity contribution in [2.24, 2.45) is 7.05 Å². The van der Waals surface area contributed by atoms with Crippen molar-refractivity contribution in [1.82, 2.24) is 19.9 Å². The number of hydrogen-bond donors (Lipinski definition) is 1. The van der Waals surface area contributed by atoms with E-state index in [2.05, 4.69) is 15.3 Å². The first-order chi connectivity index (χ1) is 13.5. The van der Waals surface area contributed by atoms with Gasteiger partial charge in [-0.2, -0.15) is 0 Å². The molecule has 5 nitrogen and oxygen atoms in total. The van der Waals surface area contributed by atoms with E-state index in [0.29, 0.717) is 5.56 Å². The molecule has 140 valence electrons. The van der Waals surface area contributed by atoms with E-state index < -0.39 is 0 Å². The lowest BCUT2D eigenvalue weighted by Crippen LogP contribution is -2.31. The molecule has 1 atom stereocenters. The van der Waals surface area contributed by atoms with Gasteiger partial charge in [0.2, 0.25) is 0 Å². The Morgan fingerprint density at radius 1 is 1.04 bits per heavy atom. The second-order valence-electron chi connectivity index (χ2n) is 7.13. The molecule has 0 bridgehead atoms. The van der Waals surface area contributed by atoms with Crippen LogP contribution in [0.4, 0.5) is 0 Å². The summed E-state index contributed by atoms with van der Waals surface area (Å²) in [5, 5.41) is 5.01. The lowest BCUT2D eigenvalue weighted by atomic mass is 10.0. The Morgan fingerprint density at radius 3 is 2.50 bits per heavy atom. The number of hydrogen-bond acceptors (Lipinski definition) is 3. The van der Waals surface area contributed by atoms with Gasteiger partial charge in [0.15, 0.2) is 0 Å². The van der Waals surface area contributed by atoms with Crippen molar-refractivity contribution in [2.45, 2.75) is 19.9 Å². The molecule has 0 aliphatic rings. The highest BCUT2D eigenvalue weighted by atomic mass is 16.1. The lowest BCUT2D eigenvalue weighted by Gasteiger charge is -2.20. The van der Waals surface area contributed by atoms with E-state index >= 15 is 0 Å². The zero-order chi connectivity index (χ0) is 19.7. The second kappa shape index (κ2) is 7.27. The smallest absolute Gasteiger partial charge is 0.254 e. The van der Waals surface area contributed by atoms with Crippen molar-refractivity contribution in [3.05, 3.63) is 95.3 Å². The number of aromatic nitrogens is 3. The van der Waals surface area contributed by atoms with Gasteiger partial charge in [-0.25, -0.2) is 4.98 Å². The molecule has 2 heterocycles. The van der Waals surface area contributed by atoms with E-state index in [1.165, 1.54) is 5.56 Å². The van der Waals surface area contributed by atoms with Gasteiger partial charge in [-0.3, -0.25) is 9.78 Å². The third-order valence-corrected chi connectivity index (χ3v) is 4.96. The Bertz CT molecular complexity index is 1140. The molecule has 1 amide bonds. The number of imidazole rings is 1. The quantitative estimate of drug-likeness (QED) is 0.588. The van der Waals surface area contributed by atoms with Gasteiger partial charge in [-0.15, -0.1) is 0 Å². The van der Waals surface area contributed by atoms with Crippen LogP contribution >= 0.6 is 0 Å². The molecule has 0 aliphatic heterocycles. The van der Waals surface area contributed by atoms with Crippen molar-refractivity contribution in [3.8, 4) is 0 Å². The molecule has 1 N–H and O–H groups in total. The highest BCUT2D eigenvalue weighted by Gasteiger charge is 2.22. The van der Waals surface area contributed by atoms with Crippen LogP contribution < -0.4 is 5.32 Å². The van der Waals surface area contributed by atoms with Crippen molar-refractivity contribution in [2.75, 3.05) is 0 Å². The summed E-state index contributed by atoms with van der Waals surface area (Å²) in [5.41, 5.74) is 3.82. The summed E-state index contributed by atoms with van der Waals surface area (Å²) in [6.07, 6.45) is 7.03. The van der Waals surface area contributed by atoms with Gasteiger partial charge < -0.3 is 9.88 Å². The summed E-state index contributed by atoms with van der Waals surface area (Å²) >= 11 is 0. The second-order valence-corrected chi connectivity index (χ2v) is 7.13. The number of carbonyl (C=O) groups excluding carboxylic acids is 1. The Balaban J connectivity index is 1.75. The van der Waals surface area contributed by atoms with Gasteiger partial charge in [-0.05, 0) is 24.8 Å². The number of fused-ring (bicyclic) bond motifs is 1. The fourth-order valence-corrected chi connectivity index (χ4v) is 3.38. The van der Waals surface area contributed by atoms with E-state index in [1.54, 1.807) is 18.6 Å². The van der Waals surface area contributed by atoms with Crippen LogP contribution in [-0.2, 0) is 7.05 Å². The summed E-state index contributed by atoms with van der Waals surface area (Å²) < 4.78 is 1.93. The van der Waals surface area contributed by atoms with Crippen molar-refractivity contribution >= 4 is 16.7 Å². The third kappa shape index (κ3) is 3.39. The number of nitrogens with zero attached hydrogens (tertiary/aromatic N) is 3. The number of amides is 1. The summed E-state index contributed by atoms with van der Waals surface area (Å²) in [6.45, 7) is 4.06. The van der Waals surface area contributed by atoms with E-state index in [9.17, 15) is 4.79 Å². The van der Waals surface area contributed by atoms with E-state index in [4.69, 9.17) is 0 Å². The van der Waals surface area contributed by atoms with Gasteiger partial charge >= 0.3 is 0 Å². The molecular weight excluding hydrogens is 348 g/mol. The molecule has 0 radical (unpaired) electrons. The van der Waals surface area contributed by atoms with Crippen LogP contribution in [0, 0.1) is 13.8 Å². The van der Waals surface area contributed by atoms with Crippen LogP contribution in [-0.4, -0.2) is 20.4 Å². The first kappa shape index (κ1) is 17.9. The van der Waals surface area contributed by atoms with Gasteiger partial charge in [0.05, 0.1) is 5.56 Å². The van der Waals surface area contributed by atoms with Crippen molar-refractivity contribution < 1.29 is 4.79 Å². The molecule has 2 aromatic heterocycles. The summed E-state index contributed by atoms with van der Waals surface area (Å²) in [4.78, 5) is 22.0. The van der Waals surface area contributed by atoms with E-state index in [-0.39, 0.29) is 11.9 Å². The Labute approximate surface area is 164 Å². The molecule has 0 fully saturated rings. The molecule has 2 aromatic carbocycles. The number of carbonyl (C=O) groups is 1. The molecule has 0 spiro atoms. The topological polar surface area (TPSA) is 59.8 Å². The predicted molar refractivity (Wildman–Crippen MR) is 110 cm³/mol. The summed E-state index contributed by atoms with van der Waals surface area (Å²) in [5.74, 6) is 0.610. The van der Waals surface area contributed by atoms with Gasteiger partial charge in [0.1, 0.15) is 11.9 Å². The maximum atomic E-state index is 13.2. The number of nitrogens with one attached hydrogen (secondary N) is 1. The molecular formula is C23H22N4O. The molecule has 1 unspecified atom stereocenters. The van der Waals surface area contributed by atoms with Crippen molar-refractivity contribution in [3.63, 3.8) is 0 Å². The highest BCUT2D eigenvalue weighted by molar-refractivity contribution is 6.06. The molecule has 0 saturated carbocycles. The molecule has 4 rings (SSSR count). The highest BCUT2D eigenvalue weighted by Crippen LogP contribution is 2.24. The largest absolute Gasteiger partial charge is 0.338 e. The number of pyridine rings is 1. The SMILES string of the molecule is Cc1ccc(C(NC(=O)c2cncc3ccc(C)cc23)c2nccn2C)cc1. The molecule has 0 saturated heterocycles. The monoisotopic (exact) mass is 370 g/mol. The standard InChI is InChI=1S/C23H22N4O/c1-15-4-7-17(8-5-15)21(22-25-10-11-27(22)3)26-23(28)20-14-24-13-18-9-6-16(2)12-19(18)20/h4-14,21H,1-3H3,(H,26,28). The van der Waals surface area contributed by atoms with Crippen LogP contribution in [0.1, 0.15) is 38.9 Å². The van der Waals surface area contributed by atoms with Crippen LogP contribution in [0.3, 0.4) is 0 Å². The van der Waals surface area contributed by atoms with Crippen molar-refractivity contribution in [1.29, 1.82) is 0 Å². The maximum Gasteiger partial charge on any atom is 0.254 e. The zero-order valence-corrected chi connectivity index (χ0v) is 16.2. The fourth-order valence-electron chi connectivity index (χ4n) is 3.38. The Morgan fingerprint density at radius 2 is 1.79 bits per heavy atom. The minimum absolute atomic E-state index is 0.169. The zero-order valence-electron chi connectivity index (χ0n) is 16.2. The number of aryl methyl sites for hydroxylation is 3. The van der Waals surface area contributed by atoms with Gasteiger partial charge in [0.25, 0.3) is 5.91 Å². The van der Waals surface area contributed by atoms with Crippen LogP contribution in [0.2, 0.25) is 0 Å². The first-order valence-electron chi connectivity index (χ1n) is 9.22. The predicted octanol–water partition coefficient (Wildman–Crippen LogP) is 4.10. The summed E-state index contributed by atoms with van der Waals surface area (Å²) in [7, 11) is 1.93. The maximum absolute atomic E-state index is 13.2. The average Bonchev–Trinajstić information content (AvgIpc) is 3.12. The number of rotatable bonds is 4. The minimum atomic E-state index is -0.354. The number of benzene rings is 2. The fraction of sp³-hybridized carbons (Fsp3) is 0.174. The van der Waals surface area contributed by atoms with Crippen LogP contribution in [0.5, 0.6) is 0 Å². The van der Waals surface area contributed by atoms with E-state index in [0.717, 1.165) is 27.7 Å². The van der Waals surface area contributed by atoms with E-state index in [1.807, 2.05) is 74.1 Å². The first-order valence-corrected chi connectivity index (χ1v) is 9.22. The molecule has 28 heavy (non-hydrogen) atoms. The normalized spacial score (nSPS) is 12.1. The average molecular weight is 370 g/mol. The lowest BCUT2D eigenvalue weighted by molar-refractivity contribution is 0.0942. The summed E-state index contributed by atoms with van der Waals surface area (Å²) in [6, 6.07) is 13.8. The van der Waals surface area contributed by atoms with Crippen LogP contribution in [0.25, 0.3) is 10.8 Å². The molecule has 5 heteroatoms. The molecule has 0 aliphatic carbocycles. The minimum Gasteiger partial charge on any atom is -0.338 e. The molecule has 4 aromatic rings.